The number of nitrogens with two attached hydrogens (primary N) is 1. The van der Waals surface area contributed by atoms with E-state index in [0.29, 0.717) is 5.02 Å². The molecular formula is C14H17ClN2O. The lowest BCUT2D eigenvalue weighted by Gasteiger charge is -2.28. The summed E-state index contributed by atoms with van der Waals surface area (Å²) in [5.74, 6) is 2.21. The van der Waals surface area contributed by atoms with Crippen molar-refractivity contribution < 1.29 is 4.79 Å². The van der Waals surface area contributed by atoms with Gasteiger partial charge in [0.1, 0.15) is 0 Å². The number of halogens is 1. The molecule has 0 heterocycles. The zero-order valence-corrected chi connectivity index (χ0v) is 11.3. The first-order chi connectivity index (χ1) is 8.49. The van der Waals surface area contributed by atoms with Crippen LogP contribution in [0.2, 0.25) is 5.02 Å². The Kier molecular flexibility index (Phi) is 5.21. The summed E-state index contributed by atoms with van der Waals surface area (Å²) in [6.45, 7) is 1.90. The van der Waals surface area contributed by atoms with Crippen molar-refractivity contribution in [3.05, 3.63) is 34.9 Å². The Labute approximate surface area is 113 Å². The van der Waals surface area contributed by atoms with E-state index in [1.54, 1.807) is 18.0 Å². The van der Waals surface area contributed by atoms with Gasteiger partial charge in [0.2, 0.25) is 5.91 Å². The zero-order chi connectivity index (χ0) is 13.7. The molecule has 1 aromatic rings. The van der Waals surface area contributed by atoms with Crippen LogP contribution in [0.3, 0.4) is 0 Å². The van der Waals surface area contributed by atoms with Crippen molar-refractivity contribution in [2.75, 3.05) is 7.05 Å². The highest BCUT2D eigenvalue weighted by atomic mass is 35.5. The van der Waals surface area contributed by atoms with Crippen LogP contribution < -0.4 is 5.73 Å². The van der Waals surface area contributed by atoms with Crippen molar-refractivity contribution in [3.63, 3.8) is 0 Å². The third-order valence-electron chi connectivity index (χ3n) is 2.94. The van der Waals surface area contributed by atoms with Crippen LogP contribution in [-0.2, 0) is 4.79 Å². The third-order valence-corrected chi connectivity index (χ3v) is 3.28. The van der Waals surface area contributed by atoms with Crippen molar-refractivity contribution in [2.24, 2.45) is 5.73 Å². The maximum atomic E-state index is 12.0. The Morgan fingerprint density at radius 2 is 2.17 bits per heavy atom. The van der Waals surface area contributed by atoms with E-state index in [1.807, 2.05) is 25.1 Å². The van der Waals surface area contributed by atoms with Crippen LogP contribution >= 0.6 is 11.6 Å². The van der Waals surface area contributed by atoms with E-state index in [1.165, 1.54) is 0 Å². The lowest BCUT2D eigenvalue weighted by Crippen LogP contribution is -2.42. The minimum atomic E-state index is -0.662. The molecule has 3 nitrogen and oxygen atoms in total. The van der Waals surface area contributed by atoms with Crippen LogP contribution in [0.5, 0.6) is 0 Å². The first-order valence-electron chi connectivity index (χ1n) is 5.69. The van der Waals surface area contributed by atoms with Crippen LogP contribution in [0.1, 0.15) is 24.9 Å². The molecule has 1 aromatic carbocycles. The molecule has 1 rings (SSSR count). The fourth-order valence-corrected chi connectivity index (χ4v) is 1.98. The van der Waals surface area contributed by atoms with Gasteiger partial charge >= 0.3 is 0 Å². The van der Waals surface area contributed by atoms with Gasteiger partial charge in [0.25, 0.3) is 0 Å². The summed E-state index contributed by atoms with van der Waals surface area (Å²) in [6, 6.07) is 6.62. The normalized spacial score (nSPS) is 13.5. The van der Waals surface area contributed by atoms with Gasteiger partial charge in [-0.05, 0) is 18.6 Å². The second-order valence-corrected chi connectivity index (χ2v) is 4.57. The molecule has 0 radical (unpaired) electrons. The monoisotopic (exact) mass is 264 g/mol. The van der Waals surface area contributed by atoms with E-state index in [0.717, 1.165) is 5.56 Å². The Morgan fingerprint density at radius 3 is 2.72 bits per heavy atom. The average Bonchev–Trinajstić information content (AvgIpc) is 2.37. The predicted molar refractivity (Wildman–Crippen MR) is 74.1 cm³/mol. The zero-order valence-electron chi connectivity index (χ0n) is 10.6. The van der Waals surface area contributed by atoms with E-state index in [-0.39, 0.29) is 18.4 Å². The Morgan fingerprint density at radius 1 is 1.56 bits per heavy atom. The molecule has 0 saturated heterocycles. The number of terminal acetylenes is 1. The molecule has 4 heteroatoms. The summed E-state index contributed by atoms with van der Waals surface area (Å²) in [5, 5.41) is 0.634. The fraction of sp³-hybridized carbons (Fsp3) is 0.357. The molecule has 0 bridgehead atoms. The number of hydrogen-bond donors (Lipinski definition) is 1. The van der Waals surface area contributed by atoms with E-state index in [9.17, 15) is 4.79 Å². The highest BCUT2D eigenvalue weighted by Gasteiger charge is 2.23. The van der Waals surface area contributed by atoms with Crippen molar-refractivity contribution in [1.82, 2.24) is 4.90 Å². The van der Waals surface area contributed by atoms with Crippen LogP contribution in [0.15, 0.2) is 24.3 Å². The number of hydrogen-bond acceptors (Lipinski definition) is 2. The summed E-state index contributed by atoms with van der Waals surface area (Å²) in [4.78, 5) is 13.6. The number of nitrogens with zero attached hydrogens (tertiary/aromatic N) is 1. The fourth-order valence-electron chi connectivity index (χ4n) is 1.69. The van der Waals surface area contributed by atoms with Crippen LogP contribution in [0.25, 0.3) is 0 Å². The highest BCUT2D eigenvalue weighted by Crippen LogP contribution is 2.26. The van der Waals surface area contributed by atoms with Gasteiger partial charge in [-0.2, -0.15) is 0 Å². The summed E-state index contributed by atoms with van der Waals surface area (Å²) in [7, 11) is 1.70. The molecule has 0 aromatic heterocycles. The van der Waals surface area contributed by atoms with Gasteiger partial charge in [-0.1, -0.05) is 29.8 Å². The largest absolute Gasteiger partial charge is 0.338 e. The molecule has 0 spiro atoms. The average molecular weight is 265 g/mol. The van der Waals surface area contributed by atoms with Gasteiger partial charge in [0, 0.05) is 18.5 Å². The van der Waals surface area contributed by atoms with Crippen LogP contribution in [0, 0.1) is 12.3 Å². The smallest absolute Gasteiger partial charge is 0.240 e. The lowest BCUT2D eigenvalue weighted by atomic mass is 10.1. The molecule has 0 aliphatic carbocycles. The van der Waals surface area contributed by atoms with Crippen molar-refractivity contribution >= 4 is 17.5 Å². The molecule has 0 aliphatic heterocycles. The van der Waals surface area contributed by atoms with E-state index < -0.39 is 6.04 Å². The van der Waals surface area contributed by atoms with Gasteiger partial charge in [-0.25, -0.2) is 0 Å². The molecule has 0 aliphatic rings. The quantitative estimate of drug-likeness (QED) is 0.848. The van der Waals surface area contributed by atoms with Gasteiger partial charge in [-0.15, -0.1) is 12.3 Å². The number of carbonyl (C=O) groups is 1. The van der Waals surface area contributed by atoms with Crippen LogP contribution in [-0.4, -0.2) is 23.9 Å². The molecule has 2 atom stereocenters. The minimum Gasteiger partial charge on any atom is -0.338 e. The molecule has 18 heavy (non-hydrogen) atoms. The van der Waals surface area contributed by atoms with Crippen molar-refractivity contribution in [1.29, 1.82) is 0 Å². The third kappa shape index (κ3) is 3.25. The second-order valence-electron chi connectivity index (χ2n) is 4.16. The SMILES string of the molecule is C#CCC(N)C(=O)N(C)C(C)c1ccccc1Cl. The van der Waals surface area contributed by atoms with Gasteiger partial charge in [0.05, 0.1) is 12.1 Å². The predicted octanol–water partition coefficient (Wildman–Crippen LogP) is 2.21. The number of carbonyl (C=O) groups excluding carboxylic acids is 1. The standard InChI is InChI=1S/C14H17ClN2O/c1-4-7-13(16)14(18)17(3)10(2)11-8-5-6-9-12(11)15/h1,5-6,8-10,13H,7,16H2,2-3H3. The Bertz CT molecular complexity index is 467. The molecule has 2 unspecified atom stereocenters. The first-order valence-corrected chi connectivity index (χ1v) is 6.07. The van der Waals surface area contributed by atoms with Crippen LogP contribution in [0.4, 0.5) is 0 Å². The minimum absolute atomic E-state index is 0.143. The van der Waals surface area contributed by atoms with Gasteiger partial charge < -0.3 is 10.6 Å². The lowest BCUT2D eigenvalue weighted by molar-refractivity contribution is -0.133. The van der Waals surface area contributed by atoms with Crippen molar-refractivity contribution in [3.8, 4) is 12.3 Å². The maximum absolute atomic E-state index is 12.0. The number of likely N-dealkylation sites (N-methyl/N-ethyl adjacent to an activating group) is 1. The van der Waals surface area contributed by atoms with Crippen molar-refractivity contribution in [2.45, 2.75) is 25.4 Å². The summed E-state index contributed by atoms with van der Waals surface area (Å²) in [5.41, 5.74) is 6.61. The molecule has 0 saturated carbocycles. The number of amides is 1. The van der Waals surface area contributed by atoms with E-state index in [2.05, 4.69) is 5.92 Å². The number of rotatable bonds is 4. The maximum Gasteiger partial charge on any atom is 0.240 e. The topological polar surface area (TPSA) is 46.3 Å². The molecule has 1 amide bonds. The summed E-state index contributed by atoms with van der Waals surface area (Å²) in [6.07, 6.45) is 5.39. The van der Waals surface area contributed by atoms with Gasteiger partial charge in [0.15, 0.2) is 0 Å². The molecule has 96 valence electrons. The number of benzene rings is 1. The summed E-state index contributed by atoms with van der Waals surface area (Å²) < 4.78 is 0. The molecule has 2 N–H and O–H groups in total. The van der Waals surface area contributed by atoms with Gasteiger partial charge in [-0.3, -0.25) is 4.79 Å². The Balaban J connectivity index is 2.85. The second kappa shape index (κ2) is 6.44. The molecule has 0 fully saturated rings. The highest BCUT2D eigenvalue weighted by molar-refractivity contribution is 6.31. The van der Waals surface area contributed by atoms with E-state index >= 15 is 0 Å². The van der Waals surface area contributed by atoms with E-state index in [4.69, 9.17) is 23.8 Å². The first kappa shape index (κ1) is 14.6. The Hall–Kier alpha value is -1.50. The molecular weight excluding hydrogens is 248 g/mol. The summed E-state index contributed by atoms with van der Waals surface area (Å²) >= 11 is 6.11.